The fourth-order valence-electron chi connectivity index (χ4n) is 1.97. The van der Waals surface area contributed by atoms with E-state index in [0.717, 1.165) is 22.3 Å². The molecule has 4 nitrogen and oxygen atoms in total. The van der Waals surface area contributed by atoms with E-state index in [9.17, 15) is 0 Å². The van der Waals surface area contributed by atoms with Crippen molar-refractivity contribution in [2.24, 2.45) is 0 Å². The summed E-state index contributed by atoms with van der Waals surface area (Å²) in [6.07, 6.45) is 0.758. The van der Waals surface area contributed by atoms with E-state index in [-0.39, 0.29) is 5.41 Å². The van der Waals surface area contributed by atoms with Crippen LogP contribution in [0.5, 0.6) is 0 Å². The average Bonchev–Trinajstić information content (AvgIpc) is 2.87. The fraction of sp³-hybridized carbons (Fsp3) is 0.467. The number of hydrogen-bond acceptors (Lipinski definition) is 4. The molecule has 0 aliphatic rings. The molecular formula is C15H20BrN3O. The van der Waals surface area contributed by atoms with Crippen LogP contribution in [0.25, 0.3) is 0 Å². The smallest absolute Gasteiger partial charge is 0.236 e. The molecule has 2 rings (SSSR count). The zero-order valence-electron chi connectivity index (χ0n) is 12.3. The third-order valence-electron chi connectivity index (χ3n) is 3.53. The van der Waals surface area contributed by atoms with E-state index in [0.29, 0.717) is 11.9 Å². The number of aromatic nitrogens is 2. The Bertz CT molecular complexity index is 580. The molecule has 0 amide bonds. The predicted octanol–water partition coefficient (Wildman–Crippen LogP) is 3.31. The second-order valence-corrected chi connectivity index (χ2v) is 6.46. The van der Waals surface area contributed by atoms with E-state index in [1.165, 1.54) is 0 Å². The van der Waals surface area contributed by atoms with Crippen molar-refractivity contribution in [2.45, 2.75) is 38.6 Å². The minimum absolute atomic E-state index is 0.308. The molecule has 0 bridgehead atoms. The van der Waals surface area contributed by atoms with Gasteiger partial charge in [0.15, 0.2) is 5.82 Å². The van der Waals surface area contributed by atoms with Gasteiger partial charge < -0.3 is 9.84 Å². The molecule has 2 aromatic rings. The maximum Gasteiger partial charge on any atom is 0.236 e. The van der Waals surface area contributed by atoms with Gasteiger partial charge in [-0.2, -0.15) is 4.98 Å². The van der Waals surface area contributed by atoms with E-state index in [1.54, 1.807) is 0 Å². The van der Waals surface area contributed by atoms with Crippen LogP contribution in [-0.2, 0) is 11.8 Å². The normalized spacial score (nSPS) is 13.4. The Labute approximate surface area is 128 Å². The summed E-state index contributed by atoms with van der Waals surface area (Å²) in [5.41, 5.74) is 0.835. The Morgan fingerprint density at radius 1 is 1.40 bits per heavy atom. The molecule has 1 N–H and O–H groups in total. The van der Waals surface area contributed by atoms with Crippen LogP contribution >= 0.6 is 15.9 Å². The maximum atomic E-state index is 5.46. The summed E-state index contributed by atoms with van der Waals surface area (Å²) >= 11 is 3.50. The topological polar surface area (TPSA) is 51.0 Å². The third kappa shape index (κ3) is 3.27. The Morgan fingerprint density at radius 2 is 2.15 bits per heavy atom. The second kappa shape index (κ2) is 6.06. The highest BCUT2D eigenvalue weighted by atomic mass is 79.9. The molecule has 5 heteroatoms. The molecule has 1 aromatic carbocycles. The third-order valence-corrected chi connectivity index (χ3v) is 4.02. The van der Waals surface area contributed by atoms with Gasteiger partial charge in [-0.05, 0) is 45.5 Å². The van der Waals surface area contributed by atoms with E-state index in [4.69, 9.17) is 4.52 Å². The number of rotatable bonds is 5. The van der Waals surface area contributed by atoms with E-state index in [2.05, 4.69) is 64.3 Å². The number of likely N-dealkylation sites (N-methyl/N-ethyl adjacent to an activating group) is 1. The van der Waals surface area contributed by atoms with Gasteiger partial charge in [0.25, 0.3) is 0 Å². The molecule has 0 spiro atoms. The number of halogens is 1. The number of nitrogens with zero attached hydrogens (tertiary/aromatic N) is 2. The molecule has 0 aliphatic carbocycles. The first-order valence-electron chi connectivity index (χ1n) is 6.70. The van der Waals surface area contributed by atoms with Crippen molar-refractivity contribution < 1.29 is 4.52 Å². The summed E-state index contributed by atoms with van der Waals surface area (Å²) in [6, 6.07) is 8.51. The molecule has 1 unspecified atom stereocenters. The number of nitrogens with one attached hydrogen (secondary N) is 1. The van der Waals surface area contributed by atoms with Gasteiger partial charge in [-0.25, -0.2) is 0 Å². The summed E-state index contributed by atoms with van der Waals surface area (Å²) in [7, 11) is 1.93. The van der Waals surface area contributed by atoms with Crippen molar-refractivity contribution in [3.8, 4) is 0 Å². The van der Waals surface area contributed by atoms with Crippen molar-refractivity contribution in [1.29, 1.82) is 0 Å². The molecule has 1 atom stereocenters. The lowest BCUT2D eigenvalue weighted by molar-refractivity contribution is 0.328. The summed E-state index contributed by atoms with van der Waals surface area (Å²) in [5.74, 6) is 1.39. The van der Waals surface area contributed by atoms with Gasteiger partial charge >= 0.3 is 0 Å². The van der Waals surface area contributed by atoms with Crippen LogP contribution in [0.15, 0.2) is 33.3 Å². The summed E-state index contributed by atoms with van der Waals surface area (Å²) in [6.45, 7) is 6.27. The van der Waals surface area contributed by atoms with Crippen LogP contribution < -0.4 is 5.32 Å². The van der Waals surface area contributed by atoms with Gasteiger partial charge in [-0.1, -0.05) is 33.2 Å². The fourth-order valence-corrected chi connectivity index (χ4v) is 2.37. The predicted molar refractivity (Wildman–Crippen MR) is 82.8 cm³/mol. The van der Waals surface area contributed by atoms with Crippen LogP contribution in [0, 0.1) is 0 Å². The average molecular weight is 338 g/mol. The Morgan fingerprint density at radius 3 is 2.80 bits per heavy atom. The van der Waals surface area contributed by atoms with Gasteiger partial charge in [0.2, 0.25) is 5.89 Å². The highest BCUT2D eigenvalue weighted by Crippen LogP contribution is 2.31. The molecule has 0 saturated heterocycles. The van der Waals surface area contributed by atoms with Crippen molar-refractivity contribution in [1.82, 2.24) is 15.5 Å². The quantitative estimate of drug-likeness (QED) is 0.909. The molecule has 1 heterocycles. The van der Waals surface area contributed by atoms with Crippen LogP contribution in [0.3, 0.4) is 0 Å². The zero-order chi connectivity index (χ0) is 14.8. The molecule has 0 aliphatic heterocycles. The number of benzene rings is 1. The molecule has 0 fully saturated rings. The van der Waals surface area contributed by atoms with E-state index in [1.807, 2.05) is 19.2 Å². The van der Waals surface area contributed by atoms with Crippen molar-refractivity contribution in [3.05, 3.63) is 46.0 Å². The SMILES string of the molecule is CNC(C)Cc1noc(C(C)(C)c2cccc(Br)c2)n1. The first-order chi connectivity index (χ1) is 9.43. The Hall–Kier alpha value is -1.20. The molecule has 108 valence electrons. The van der Waals surface area contributed by atoms with Gasteiger partial charge in [0, 0.05) is 16.9 Å². The van der Waals surface area contributed by atoms with E-state index < -0.39 is 0 Å². The van der Waals surface area contributed by atoms with Crippen molar-refractivity contribution in [2.75, 3.05) is 7.05 Å². The summed E-state index contributed by atoms with van der Waals surface area (Å²) in [4.78, 5) is 4.54. The molecule has 0 saturated carbocycles. The first-order valence-corrected chi connectivity index (χ1v) is 7.49. The Kier molecular flexibility index (Phi) is 4.60. The summed E-state index contributed by atoms with van der Waals surface area (Å²) < 4.78 is 6.51. The van der Waals surface area contributed by atoms with Crippen LogP contribution in [0.1, 0.15) is 38.0 Å². The monoisotopic (exact) mass is 337 g/mol. The lowest BCUT2D eigenvalue weighted by Gasteiger charge is -2.20. The van der Waals surface area contributed by atoms with Gasteiger partial charge in [-0.15, -0.1) is 0 Å². The number of hydrogen-bond donors (Lipinski definition) is 1. The largest absolute Gasteiger partial charge is 0.338 e. The molecule has 20 heavy (non-hydrogen) atoms. The second-order valence-electron chi connectivity index (χ2n) is 5.54. The van der Waals surface area contributed by atoms with Gasteiger partial charge in [-0.3, -0.25) is 0 Å². The summed E-state index contributed by atoms with van der Waals surface area (Å²) in [5, 5.41) is 7.25. The highest BCUT2D eigenvalue weighted by molar-refractivity contribution is 9.10. The first kappa shape index (κ1) is 15.2. The van der Waals surface area contributed by atoms with Crippen LogP contribution in [-0.4, -0.2) is 23.2 Å². The molecule has 0 radical (unpaired) electrons. The van der Waals surface area contributed by atoms with Gasteiger partial charge in [0.05, 0.1) is 5.41 Å². The zero-order valence-corrected chi connectivity index (χ0v) is 13.9. The van der Waals surface area contributed by atoms with Crippen LogP contribution in [0.4, 0.5) is 0 Å². The molecule has 1 aromatic heterocycles. The van der Waals surface area contributed by atoms with E-state index >= 15 is 0 Å². The maximum absolute atomic E-state index is 5.46. The minimum atomic E-state index is -0.308. The van der Waals surface area contributed by atoms with Crippen molar-refractivity contribution in [3.63, 3.8) is 0 Å². The lowest BCUT2D eigenvalue weighted by atomic mass is 9.84. The Balaban J connectivity index is 2.26. The minimum Gasteiger partial charge on any atom is -0.338 e. The van der Waals surface area contributed by atoms with Crippen LogP contribution in [0.2, 0.25) is 0 Å². The van der Waals surface area contributed by atoms with Crippen molar-refractivity contribution >= 4 is 15.9 Å². The standard InChI is InChI=1S/C15H20BrN3O/c1-10(17-4)8-13-18-14(20-19-13)15(2,3)11-6-5-7-12(16)9-11/h5-7,9-10,17H,8H2,1-4H3. The van der Waals surface area contributed by atoms with Gasteiger partial charge in [0.1, 0.15) is 0 Å². The molecular weight excluding hydrogens is 318 g/mol. The highest BCUT2D eigenvalue weighted by Gasteiger charge is 2.30. The lowest BCUT2D eigenvalue weighted by Crippen LogP contribution is -2.24.